The quantitative estimate of drug-likeness (QED) is 0.545. The summed E-state index contributed by atoms with van der Waals surface area (Å²) in [5.74, 6) is -0.0506. The van der Waals surface area contributed by atoms with E-state index in [0.29, 0.717) is 0 Å². The van der Waals surface area contributed by atoms with Crippen LogP contribution in [-0.2, 0) is 4.79 Å². The largest absolute Gasteiger partial charge is 0.369 e. The second-order valence-electron chi connectivity index (χ2n) is 2.74. The van der Waals surface area contributed by atoms with Crippen molar-refractivity contribution in [1.82, 2.24) is 0 Å². The molecule has 1 aliphatic rings. The Hall–Kier alpha value is -0.790. The van der Waals surface area contributed by atoms with Crippen LogP contribution >= 0.6 is 0 Å². The van der Waals surface area contributed by atoms with Crippen LogP contribution in [0.15, 0.2) is 12.2 Å². The van der Waals surface area contributed by atoms with Gasteiger partial charge in [-0.3, -0.25) is 4.79 Å². The summed E-state index contributed by atoms with van der Waals surface area (Å²) in [5, 5.41) is 0. The molecule has 0 saturated carbocycles. The maximum Gasteiger partial charge on any atom is 0.220 e. The van der Waals surface area contributed by atoms with Crippen molar-refractivity contribution in [2.75, 3.05) is 0 Å². The Morgan fingerprint density at radius 1 is 1.50 bits per heavy atom. The standard InChI is InChI=1S/C8H13NO/c9-8(10)7-5-3-1-2-4-6-7/h1,3,7H,2,4-6H2,(H2,9,10). The Morgan fingerprint density at radius 2 is 2.30 bits per heavy atom. The fourth-order valence-corrected chi connectivity index (χ4v) is 1.24. The van der Waals surface area contributed by atoms with E-state index >= 15 is 0 Å². The van der Waals surface area contributed by atoms with E-state index in [-0.39, 0.29) is 11.8 Å². The summed E-state index contributed by atoms with van der Waals surface area (Å²) in [7, 11) is 0. The highest BCUT2D eigenvalue weighted by molar-refractivity contribution is 5.76. The Morgan fingerprint density at radius 3 is 3.00 bits per heavy atom. The van der Waals surface area contributed by atoms with Crippen molar-refractivity contribution in [3.8, 4) is 0 Å². The van der Waals surface area contributed by atoms with Crippen molar-refractivity contribution in [3.05, 3.63) is 12.2 Å². The molecule has 0 fully saturated rings. The summed E-state index contributed by atoms with van der Waals surface area (Å²) in [6.07, 6.45) is 8.19. The minimum atomic E-state index is -0.147. The molecule has 56 valence electrons. The average molecular weight is 139 g/mol. The Kier molecular flexibility index (Phi) is 2.49. The average Bonchev–Trinajstić information content (AvgIpc) is 2.12. The van der Waals surface area contributed by atoms with Gasteiger partial charge >= 0.3 is 0 Å². The number of hydrogen-bond acceptors (Lipinski definition) is 1. The van der Waals surface area contributed by atoms with Gasteiger partial charge in [0.2, 0.25) is 5.91 Å². The first kappa shape index (κ1) is 7.32. The zero-order valence-corrected chi connectivity index (χ0v) is 6.05. The van der Waals surface area contributed by atoms with E-state index in [1.165, 1.54) is 0 Å². The number of rotatable bonds is 1. The molecule has 2 heteroatoms. The molecule has 0 heterocycles. The van der Waals surface area contributed by atoms with Gasteiger partial charge in [0.05, 0.1) is 0 Å². The van der Waals surface area contributed by atoms with Crippen LogP contribution < -0.4 is 5.73 Å². The summed E-state index contributed by atoms with van der Waals surface area (Å²) < 4.78 is 0. The molecule has 2 N–H and O–H groups in total. The molecule has 0 radical (unpaired) electrons. The van der Waals surface area contributed by atoms with E-state index in [1.54, 1.807) is 0 Å². The fourth-order valence-electron chi connectivity index (χ4n) is 1.24. The minimum absolute atomic E-state index is 0.0961. The third-order valence-corrected chi connectivity index (χ3v) is 1.91. The lowest BCUT2D eigenvalue weighted by Crippen LogP contribution is -2.22. The van der Waals surface area contributed by atoms with Crippen molar-refractivity contribution in [1.29, 1.82) is 0 Å². The van der Waals surface area contributed by atoms with Crippen LogP contribution in [0.5, 0.6) is 0 Å². The second-order valence-corrected chi connectivity index (χ2v) is 2.74. The van der Waals surface area contributed by atoms with Gasteiger partial charge in [-0.2, -0.15) is 0 Å². The first-order valence-corrected chi connectivity index (χ1v) is 3.75. The molecular weight excluding hydrogens is 126 g/mol. The maximum atomic E-state index is 10.7. The lowest BCUT2D eigenvalue weighted by Gasteiger charge is -2.06. The molecule has 1 aliphatic carbocycles. The molecule has 1 unspecified atom stereocenters. The van der Waals surface area contributed by atoms with Gasteiger partial charge in [-0.15, -0.1) is 0 Å². The number of amides is 1. The van der Waals surface area contributed by atoms with Gasteiger partial charge in [0, 0.05) is 5.92 Å². The van der Waals surface area contributed by atoms with Gasteiger partial charge in [-0.25, -0.2) is 0 Å². The zero-order chi connectivity index (χ0) is 7.40. The summed E-state index contributed by atoms with van der Waals surface area (Å²) in [6, 6.07) is 0. The summed E-state index contributed by atoms with van der Waals surface area (Å²) >= 11 is 0. The zero-order valence-electron chi connectivity index (χ0n) is 6.05. The van der Waals surface area contributed by atoms with Crippen LogP contribution in [0, 0.1) is 5.92 Å². The molecule has 2 nitrogen and oxygen atoms in total. The molecule has 0 saturated heterocycles. The second kappa shape index (κ2) is 3.40. The Balaban J connectivity index is 2.45. The number of nitrogens with two attached hydrogens (primary N) is 1. The highest BCUT2D eigenvalue weighted by Crippen LogP contribution is 2.16. The van der Waals surface area contributed by atoms with Crippen molar-refractivity contribution in [2.24, 2.45) is 11.7 Å². The van der Waals surface area contributed by atoms with Gasteiger partial charge < -0.3 is 5.73 Å². The molecule has 0 aromatic rings. The number of carbonyl (C=O) groups excluding carboxylic acids is 1. The fraction of sp³-hybridized carbons (Fsp3) is 0.625. The van der Waals surface area contributed by atoms with E-state index in [2.05, 4.69) is 12.2 Å². The third kappa shape index (κ3) is 1.87. The molecule has 0 spiro atoms. The number of hydrogen-bond donors (Lipinski definition) is 1. The SMILES string of the molecule is NC(=O)C1CC=CCCC1. The Bertz CT molecular complexity index is 151. The highest BCUT2D eigenvalue weighted by atomic mass is 16.1. The highest BCUT2D eigenvalue weighted by Gasteiger charge is 2.13. The lowest BCUT2D eigenvalue weighted by atomic mass is 10.0. The van der Waals surface area contributed by atoms with E-state index < -0.39 is 0 Å². The number of primary amides is 1. The van der Waals surface area contributed by atoms with Gasteiger partial charge in [0.1, 0.15) is 0 Å². The van der Waals surface area contributed by atoms with Crippen molar-refractivity contribution in [2.45, 2.75) is 25.7 Å². The van der Waals surface area contributed by atoms with Gasteiger partial charge in [0.25, 0.3) is 0 Å². The van der Waals surface area contributed by atoms with Crippen LogP contribution in [-0.4, -0.2) is 5.91 Å². The molecule has 1 atom stereocenters. The van der Waals surface area contributed by atoms with E-state index in [1.807, 2.05) is 0 Å². The predicted octanol–water partition coefficient (Wildman–Crippen LogP) is 1.22. The molecule has 1 amide bonds. The predicted molar refractivity (Wildman–Crippen MR) is 40.3 cm³/mol. The summed E-state index contributed by atoms with van der Waals surface area (Å²) in [5.41, 5.74) is 5.16. The first-order chi connectivity index (χ1) is 4.80. The van der Waals surface area contributed by atoms with E-state index in [4.69, 9.17) is 5.73 Å². The van der Waals surface area contributed by atoms with Crippen molar-refractivity contribution >= 4 is 5.91 Å². The van der Waals surface area contributed by atoms with Gasteiger partial charge in [-0.1, -0.05) is 12.2 Å². The normalized spacial score (nSPS) is 25.8. The van der Waals surface area contributed by atoms with Crippen LogP contribution in [0.2, 0.25) is 0 Å². The van der Waals surface area contributed by atoms with Gasteiger partial charge in [-0.05, 0) is 25.7 Å². The van der Waals surface area contributed by atoms with E-state index in [9.17, 15) is 4.79 Å². The number of carbonyl (C=O) groups is 1. The van der Waals surface area contributed by atoms with Crippen LogP contribution in [0.4, 0.5) is 0 Å². The maximum absolute atomic E-state index is 10.7. The molecular formula is C8H13NO. The van der Waals surface area contributed by atoms with Crippen LogP contribution in [0.3, 0.4) is 0 Å². The molecule has 0 bridgehead atoms. The molecule has 0 aromatic heterocycles. The lowest BCUT2D eigenvalue weighted by molar-refractivity contribution is -0.121. The van der Waals surface area contributed by atoms with Crippen LogP contribution in [0.1, 0.15) is 25.7 Å². The third-order valence-electron chi connectivity index (χ3n) is 1.91. The topological polar surface area (TPSA) is 43.1 Å². The monoisotopic (exact) mass is 139 g/mol. The summed E-state index contributed by atoms with van der Waals surface area (Å²) in [4.78, 5) is 10.7. The first-order valence-electron chi connectivity index (χ1n) is 3.75. The molecule has 0 aromatic carbocycles. The smallest absolute Gasteiger partial charge is 0.220 e. The van der Waals surface area contributed by atoms with Crippen LogP contribution in [0.25, 0.3) is 0 Å². The van der Waals surface area contributed by atoms with E-state index in [0.717, 1.165) is 25.7 Å². The molecule has 1 rings (SSSR count). The van der Waals surface area contributed by atoms with Crippen molar-refractivity contribution < 1.29 is 4.79 Å². The van der Waals surface area contributed by atoms with Gasteiger partial charge in [0.15, 0.2) is 0 Å². The molecule has 0 aliphatic heterocycles. The molecule has 10 heavy (non-hydrogen) atoms. The number of allylic oxidation sites excluding steroid dienone is 2. The Labute approximate surface area is 61.1 Å². The van der Waals surface area contributed by atoms with Crippen molar-refractivity contribution in [3.63, 3.8) is 0 Å². The minimum Gasteiger partial charge on any atom is -0.369 e. The summed E-state index contributed by atoms with van der Waals surface area (Å²) in [6.45, 7) is 0.